The van der Waals surface area contributed by atoms with Crippen LogP contribution in [-0.4, -0.2) is 43.0 Å². The summed E-state index contributed by atoms with van der Waals surface area (Å²) in [6.45, 7) is 10.5. The number of nitrogens with zero attached hydrogens (tertiary/aromatic N) is 1. The molecule has 1 heterocycles. The molecule has 0 aromatic carbocycles. The second-order valence-electron chi connectivity index (χ2n) is 6.05. The van der Waals surface area contributed by atoms with E-state index >= 15 is 0 Å². The minimum Gasteiger partial charge on any atom is -0.353 e. The van der Waals surface area contributed by atoms with Gasteiger partial charge in [-0.1, -0.05) is 20.8 Å². The molecular weight excluding hydrogens is 226 g/mol. The zero-order chi connectivity index (χ0) is 13.5. The summed E-state index contributed by atoms with van der Waals surface area (Å²) in [5, 5.41) is 2.94. The molecule has 4 heteroatoms. The minimum absolute atomic E-state index is 0.00548. The number of amides is 1. The average Bonchev–Trinajstić information content (AvgIpc) is 2.30. The molecule has 0 aliphatic carbocycles. The van der Waals surface area contributed by atoms with Gasteiger partial charge in [-0.2, -0.15) is 0 Å². The molecule has 3 N–H and O–H groups in total. The highest BCUT2D eigenvalue weighted by molar-refractivity contribution is 5.81. The normalized spacial score (nSPS) is 20.1. The maximum Gasteiger partial charge on any atom is 0.236 e. The first-order valence-electron chi connectivity index (χ1n) is 7.24. The number of carbonyl (C=O) groups is 1. The molecule has 0 radical (unpaired) electrons. The Morgan fingerprint density at radius 2 is 2.00 bits per heavy atom. The van der Waals surface area contributed by atoms with Gasteiger partial charge >= 0.3 is 0 Å². The van der Waals surface area contributed by atoms with Gasteiger partial charge in [-0.05, 0) is 44.2 Å². The lowest BCUT2D eigenvalue weighted by Gasteiger charge is -2.30. The van der Waals surface area contributed by atoms with Crippen LogP contribution in [0.2, 0.25) is 0 Å². The summed E-state index contributed by atoms with van der Waals surface area (Å²) in [5.41, 5.74) is 5.83. The number of nitrogens with one attached hydrogen (secondary N) is 1. The summed E-state index contributed by atoms with van der Waals surface area (Å²) in [7, 11) is 0. The summed E-state index contributed by atoms with van der Waals surface area (Å²) < 4.78 is 0. The van der Waals surface area contributed by atoms with Gasteiger partial charge in [-0.15, -0.1) is 0 Å². The van der Waals surface area contributed by atoms with Crippen LogP contribution in [-0.2, 0) is 4.79 Å². The van der Waals surface area contributed by atoms with E-state index in [1.54, 1.807) is 0 Å². The van der Waals surface area contributed by atoms with E-state index in [4.69, 9.17) is 5.73 Å². The van der Waals surface area contributed by atoms with E-state index in [9.17, 15) is 4.79 Å². The summed E-state index contributed by atoms with van der Waals surface area (Å²) in [5.74, 6) is 1.32. The Balaban J connectivity index is 2.11. The van der Waals surface area contributed by atoms with Crippen molar-refractivity contribution in [2.75, 3.05) is 26.2 Å². The van der Waals surface area contributed by atoms with E-state index in [2.05, 4.69) is 31.0 Å². The molecular formula is C14H29N3O. The van der Waals surface area contributed by atoms with Crippen LogP contribution in [0.25, 0.3) is 0 Å². The molecule has 1 aliphatic rings. The van der Waals surface area contributed by atoms with E-state index < -0.39 is 0 Å². The van der Waals surface area contributed by atoms with Gasteiger partial charge in [0, 0.05) is 13.1 Å². The smallest absolute Gasteiger partial charge is 0.236 e. The molecule has 1 rings (SSSR count). The lowest BCUT2D eigenvalue weighted by Crippen LogP contribution is -2.45. The van der Waals surface area contributed by atoms with Crippen molar-refractivity contribution in [1.82, 2.24) is 10.2 Å². The highest BCUT2D eigenvalue weighted by Crippen LogP contribution is 2.15. The molecule has 0 saturated carbocycles. The second-order valence-corrected chi connectivity index (χ2v) is 6.05. The lowest BCUT2D eigenvalue weighted by atomic mass is 9.99. The quantitative estimate of drug-likeness (QED) is 0.750. The largest absolute Gasteiger partial charge is 0.353 e. The number of hydrogen-bond donors (Lipinski definition) is 2. The maximum atomic E-state index is 11.7. The molecule has 1 aliphatic heterocycles. The van der Waals surface area contributed by atoms with E-state index in [0.717, 1.165) is 38.5 Å². The highest BCUT2D eigenvalue weighted by atomic mass is 16.2. The van der Waals surface area contributed by atoms with Crippen molar-refractivity contribution in [3.63, 3.8) is 0 Å². The zero-order valence-electron chi connectivity index (χ0n) is 12.1. The van der Waals surface area contributed by atoms with Crippen molar-refractivity contribution in [2.45, 2.75) is 46.1 Å². The van der Waals surface area contributed by atoms with Crippen molar-refractivity contribution in [1.29, 1.82) is 0 Å². The van der Waals surface area contributed by atoms with Crippen LogP contribution in [0.4, 0.5) is 0 Å². The van der Waals surface area contributed by atoms with E-state index in [-0.39, 0.29) is 11.9 Å². The first-order valence-corrected chi connectivity index (χ1v) is 7.24. The van der Waals surface area contributed by atoms with Crippen LogP contribution in [0, 0.1) is 11.8 Å². The van der Waals surface area contributed by atoms with Crippen LogP contribution >= 0.6 is 0 Å². The van der Waals surface area contributed by atoms with Crippen LogP contribution in [0.15, 0.2) is 0 Å². The number of carbonyl (C=O) groups excluding carboxylic acids is 1. The van der Waals surface area contributed by atoms with Crippen LogP contribution in [0.5, 0.6) is 0 Å². The van der Waals surface area contributed by atoms with Gasteiger partial charge in [0.1, 0.15) is 0 Å². The monoisotopic (exact) mass is 255 g/mol. The molecule has 106 valence electrons. The third-order valence-corrected chi connectivity index (χ3v) is 3.67. The van der Waals surface area contributed by atoms with Gasteiger partial charge < -0.3 is 16.0 Å². The molecule has 1 saturated heterocycles. The Kier molecular flexibility index (Phi) is 6.65. The molecule has 4 nitrogen and oxygen atoms in total. The Morgan fingerprint density at radius 3 is 2.56 bits per heavy atom. The Bertz CT molecular complexity index is 247. The third kappa shape index (κ3) is 5.83. The van der Waals surface area contributed by atoms with E-state index in [1.807, 2.05) is 0 Å². The van der Waals surface area contributed by atoms with Gasteiger partial charge in [0.15, 0.2) is 0 Å². The number of nitrogens with two attached hydrogens (primary N) is 1. The van der Waals surface area contributed by atoms with Gasteiger partial charge in [0.2, 0.25) is 5.91 Å². The van der Waals surface area contributed by atoms with E-state index in [1.165, 1.54) is 12.8 Å². The lowest BCUT2D eigenvalue weighted by molar-refractivity contribution is -0.122. The van der Waals surface area contributed by atoms with E-state index in [0.29, 0.717) is 5.92 Å². The summed E-state index contributed by atoms with van der Waals surface area (Å²) in [4.78, 5) is 14.1. The number of rotatable bonds is 6. The summed E-state index contributed by atoms with van der Waals surface area (Å²) in [6, 6.07) is -0.355. The first kappa shape index (κ1) is 15.4. The molecule has 0 aromatic heterocycles. The minimum atomic E-state index is -0.355. The Labute approximate surface area is 111 Å². The van der Waals surface area contributed by atoms with Crippen molar-refractivity contribution in [2.24, 2.45) is 17.6 Å². The molecule has 1 fully saturated rings. The van der Waals surface area contributed by atoms with Crippen LogP contribution in [0.3, 0.4) is 0 Å². The number of piperidine rings is 1. The van der Waals surface area contributed by atoms with Crippen LogP contribution in [0.1, 0.15) is 40.0 Å². The van der Waals surface area contributed by atoms with Gasteiger partial charge in [-0.25, -0.2) is 0 Å². The molecule has 18 heavy (non-hydrogen) atoms. The predicted molar refractivity (Wildman–Crippen MR) is 75.3 cm³/mol. The molecule has 1 amide bonds. The molecule has 1 unspecified atom stereocenters. The fourth-order valence-electron chi connectivity index (χ4n) is 2.37. The molecule has 0 spiro atoms. The zero-order valence-corrected chi connectivity index (χ0v) is 12.1. The van der Waals surface area contributed by atoms with Gasteiger partial charge in [0.05, 0.1) is 6.04 Å². The van der Waals surface area contributed by atoms with Gasteiger partial charge in [-0.3, -0.25) is 4.79 Å². The fraction of sp³-hybridized carbons (Fsp3) is 0.929. The average molecular weight is 255 g/mol. The maximum absolute atomic E-state index is 11.7. The predicted octanol–water partition coefficient (Wildman–Crippen LogP) is 1.21. The fourth-order valence-corrected chi connectivity index (χ4v) is 2.37. The van der Waals surface area contributed by atoms with Crippen molar-refractivity contribution >= 4 is 5.91 Å². The van der Waals surface area contributed by atoms with Crippen molar-refractivity contribution in [3.05, 3.63) is 0 Å². The summed E-state index contributed by atoms with van der Waals surface area (Å²) in [6.07, 6.45) is 3.31. The Hall–Kier alpha value is -0.610. The standard InChI is InChI=1S/C14H29N3O/c1-11(2)10-13(15)14(18)16-6-9-17-7-4-12(3)5-8-17/h11-13H,4-10,15H2,1-3H3,(H,16,18). The van der Waals surface area contributed by atoms with Crippen molar-refractivity contribution < 1.29 is 4.79 Å². The number of likely N-dealkylation sites (tertiary alicyclic amines) is 1. The molecule has 0 bridgehead atoms. The molecule has 0 aromatic rings. The SMILES string of the molecule is CC(C)CC(N)C(=O)NCCN1CCC(C)CC1. The molecule has 1 atom stereocenters. The summed E-state index contributed by atoms with van der Waals surface area (Å²) >= 11 is 0. The van der Waals surface area contributed by atoms with Gasteiger partial charge in [0.25, 0.3) is 0 Å². The highest BCUT2D eigenvalue weighted by Gasteiger charge is 2.17. The third-order valence-electron chi connectivity index (χ3n) is 3.67. The van der Waals surface area contributed by atoms with Crippen LogP contribution < -0.4 is 11.1 Å². The number of hydrogen-bond acceptors (Lipinski definition) is 3. The Morgan fingerprint density at radius 1 is 1.39 bits per heavy atom. The second kappa shape index (κ2) is 7.74. The first-order chi connectivity index (χ1) is 8.49. The topological polar surface area (TPSA) is 58.4 Å². The van der Waals surface area contributed by atoms with Crippen molar-refractivity contribution in [3.8, 4) is 0 Å².